The van der Waals surface area contributed by atoms with Crippen molar-refractivity contribution < 1.29 is 43.7 Å². The zero-order chi connectivity index (χ0) is 41.0. The molecule has 0 saturated carbocycles. The van der Waals surface area contributed by atoms with Gasteiger partial charge in [-0.15, -0.1) is 0 Å². The lowest BCUT2D eigenvalue weighted by Crippen LogP contribution is -2.52. The molecule has 0 spiro atoms. The molecule has 0 fully saturated rings. The molecule has 0 heterocycles. The molecule has 0 bridgehead atoms. The molecule has 0 radical (unpaired) electrons. The summed E-state index contributed by atoms with van der Waals surface area (Å²) in [4.78, 5) is 54.1. The Bertz CT molecular complexity index is 1620. The molecule has 2 amide bonds. The van der Waals surface area contributed by atoms with Crippen molar-refractivity contribution in [2.24, 2.45) is 22.2 Å². The summed E-state index contributed by atoms with van der Waals surface area (Å²) in [5.41, 5.74) is 11.4. The Kier molecular flexibility index (Phi) is 20.1. The molecule has 1 aromatic rings. The molecule has 1 aromatic carbocycles. The first-order valence-corrected chi connectivity index (χ1v) is 18.6. The highest BCUT2D eigenvalue weighted by Crippen LogP contribution is 2.40. The van der Waals surface area contributed by atoms with Crippen molar-refractivity contribution in [3.8, 4) is 0 Å². The van der Waals surface area contributed by atoms with Crippen molar-refractivity contribution in [3.05, 3.63) is 94.6 Å². The number of nitrogens with zero attached hydrogens (tertiary/aromatic N) is 1. The maximum atomic E-state index is 12.8. The number of nitrogens with one attached hydrogen (secondary N) is 2. The third-order valence-electron chi connectivity index (χ3n) is 8.84. The lowest BCUT2D eigenvalue weighted by molar-refractivity contribution is -0.150. The number of aliphatic hydroxyl groups is 1. The molecule has 3 unspecified atom stereocenters. The molecule has 6 N–H and O–H groups in total. The summed E-state index contributed by atoms with van der Waals surface area (Å²) >= 11 is 0. The Hall–Kier alpha value is -4.85. The lowest BCUT2D eigenvalue weighted by atomic mass is 9.72. The molecular weight excluding hydrogens is 704 g/mol. The number of carbonyl (C=O) groups is 4. The van der Waals surface area contributed by atoms with Crippen LogP contribution in [-0.2, 0) is 39.9 Å². The van der Waals surface area contributed by atoms with Gasteiger partial charge in [-0.2, -0.15) is 0 Å². The molecule has 0 saturated heterocycles. The molecule has 302 valence electrons. The van der Waals surface area contributed by atoms with E-state index in [1.807, 2.05) is 76.3 Å². The number of allylic oxidation sites excluding steroid dienone is 9. The van der Waals surface area contributed by atoms with Gasteiger partial charge in [-0.05, 0) is 80.1 Å². The van der Waals surface area contributed by atoms with Gasteiger partial charge in [-0.1, -0.05) is 99.1 Å². The molecule has 13 nitrogen and oxygen atoms in total. The van der Waals surface area contributed by atoms with Crippen molar-refractivity contribution >= 4 is 29.5 Å². The quantitative estimate of drug-likeness (QED) is 0.0362. The van der Waals surface area contributed by atoms with Crippen LogP contribution in [0.15, 0.2) is 94.2 Å². The van der Waals surface area contributed by atoms with E-state index in [9.17, 15) is 24.3 Å². The minimum atomic E-state index is -1.50. The fourth-order valence-corrected chi connectivity index (χ4v) is 5.77. The first-order valence-electron chi connectivity index (χ1n) is 18.6. The standard InChI is InChI=1S/C42H60N4O9/c1-28(2)24-36(45-40(51)39(50)34(43)26-32-14-9-8-10-15-32)41(52)54-23-22-53-21-20-44-37(47)27-55-46-35-18-19-42(6,7)33(31(35)5)17-16-29(3)12-11-13-30(4)25-38(48)49/h8-17,25,28,34,36,39,50H,18-24,26-27,43H2,1-7H3,(H,44,47)(H,45,51)(H,48,49). The molecule has 1 aliphatic rings. The normalized spacial score (nSPS) is 17.4. The molecule has 55 heavy (non-hydrogen) atoms. The van der Waals surface area contributed by atoms with Gasteiger partial charge in [-0.25, -0.2) is 9.59 Å². The Morgan fingerprint density at radius 1 is 1.04 bits per heavy atom. The van der Waals surface area contributed by atoms with Crippen LogP contribution in [-0.4, -0.2) is 90.8 Å². The predicted octanol–water partition coefficient (Wildman–Crippen LogP) is 4.72. The Morgan fingerprint density at radius 2 is 1.75 bits per heavy atom. The van der Waals surface area contributed by atoms with Gasteiger partial charge in [0.1, 0.15) is 18.8 Å². The van der Waals surface area contributed by atoms with Gasteiger partial charge in [0, 0.05) is 18.7 Å². The number of benzene rings is 1. The number of carboxylic acids is 1. The van der Waals surface area contributed by atoms with Crippen LogP contribution in [0.2, 0.25) is 0 Å². The summed E-state index contributed by atoms with van der Waals surface area (Å²) in [6.07, 6.45) is 11.3. The van der Waals surface area contributed by atoms with Crippen molar-refractivity contribution in [1.82, 2.24) is 10.6 Å². The molecule has 1 aliphatic carbocycles. The van der Waals surface area contributed by atoms with Crippen LogP contribution in [0.5, 0.6) is 0 Å². The van der Waals surface area contributed by atoms with E-state index in [1.54, 1.807) is 13.0 Å². The van der Waals surface area contributed by atoms with E-state index >= 15 is 0 Å². The second-order valence-electron chi connectivity index (χ2n) is 14.7. The number of carboxylic acid groups (broad SMARTS) is 1. The first kappa shape index (κ1) is 46.3. The highest BCUT2D eigenvalue weighted by atomic mass is 16.6. The molecule has 3 atom stereocenters. The van der Waals surface area contributed by atoms with Gasteiger partial charge >= 0.3 is 11.9 Å². The van der Waals surface area contributed by atoms with Gasteiger partial charge in [0.2, 0.25) is 0 Å². The molecule has 0 aromatic heterocycles. The van der Waals surface area contributed by atoms with Crippen molar-refractivity contribution in [2.75, 3.05) is 33.0 Å². The van der Waals surface area contributed by atoms with E-state index < -0.39 is 36.0 Å². The second-order valence-corrected chi connectivity index (χ2v) is 14.7. The van der Waals surface area contributed by atoms with Gasteiger partial charge in [0.05, 0.1) is 18.9 Å². The molecular formula is C42H60N4O9. The predicted molar refractivity (Wildman–Crippen MR) is 213 cm³/mol. The van der Waals surface area contributed by atoms with Crippen LogP contribution in [0, 0.1) is 11.3 Å². The van der Waals surface area contributed by atoms with E-state index in [-0.39, 0.29) is 50.2 Å². The minimum Gasteiger partial charge on any atom is -0.478 e. The minimum absolute atomic E-state index is 0.0619. The van der Waals surface area contributed by atoms with E-state index in [4.69, 9.17) is 25.2 Å². The van der Waals surface area contributed by atoms with Crippen molar-refractivity contribution in [3.63, 3.8) is 0 Å². The number of oxime groups is 1. The number of aliphatic carboxylic acids is 1. The third kappa shape index (κ3) is 17.9. The summed E-state index contributed by atoms with van der Waals surface area (Å²) in [6, 6.07) is 7.46. The van der Waals surface area contributed by atoms with Crippen LogP contribution >= 0.6 is 0 Å². The van der Waals surface area contributed by atoms with Crippen LogP contribution in [0.1, 0.15) is 73.3 Å². The topological polar surface area (TPSA) is 199 Å². The largest absolute Gasteiger partial charge is 0.478 e. The summed E-state index contributed by atoms with van der Waals surface area (Å²) in [7, 11) is 0. The summed E-state index contributed by atoms with van der Waals surface area (Å²) in [5.74, 6) is -2.67. The van der Waals surface area contributed by atoms with E-state index in [0.717, 1.165) is 40.5 Å². The maximum absolute atomic E-state index is 12.8. The monoisotopic (exact) mass is 764 g/mol. The van der Waals surface area contributed by atoms with Gasteiger partial charge in [-0.3, -0.25) is 9.59 Å². The fourth-order valence-electron chi connectivity index (χ4n) is 5.77. The van der Waals surface area contributed by atoms with Crippen molar-refractivity contribution in [2.45, 2.75) is 92.3 Å². The summed E-state index contributed by atoms with van der Waals surface area (Å²) in [5, 5.41) is 28.9. The zero-order valence-corrected chi connectivity index (χ0v) is 33.3. The second kappa shape index (κ2) is 23.8. The number of carbonyl (C=O) groups excluding carboxylic acids is 3. The Labute approximate surface area is 325 Å². The fraction of sp³-hybridized carbons (Fsp3) is 0.500. The number of aliphatic hydroxyl groups excluding tert-OH is 1. The third-order valence-corrected chi connectivity index (χ3v) is 8.84. The first-order chi connectivity index (χ1) is 26.0. The Balaban J connectivity index is 1.76. The number of esters is 1. The van der Waals surface area contributed by atoms with E-state index in [1.165, 1.54) is 0 Å². The zero-order valence-electron chi connectivity index (χ0n) is 33.3. The summed E-state index contributed by atoms with van der Waals surface area (Å²) in [6.45, 7) is 14.0. The number of hydrogen-bond acceptors (Lipinski definition) is 10. The molecule has 0 aliphatic heterocycles. The van der Waals surface area contributed by atoms with E-state index in [0.29, 0.717) is 24.8 Å². The van der Waals surface area contributed by atoms with E-state index in [2.05, 4.69) is 35.7 Å². The highest BCUT2D eigenvalue weighted by Gasteiger charge is 2.31. The van der Waals surface area contributed by atoms with Gasteiger partial charge in [0.15, 0.2) is 6.61 Å². The average molecular weight is 765 g/mol. The van der Waals surface area contributed by atoms with Crippen LogP contribution in [0.3, 0.4) is 0 Å². The highest BCUT2D eigenvalue weighted by molar-refractivity contribution is 6.01. The molecule has 2 rings (SSSR count). The number of nitrogens with two attached hydrogens (primary N) is 1. The smallest absolute Gasteiger partial charge is 0.328 e. The number of amides is 2. The molecule has 13 heteroatoms. The maximum Gasteiger partial charge on any atom is 0.328 e. The summed E-state index contributed by atoms with van der Waals surface area (Å²) < 4.78 is 10.8. The number of rotatable bonds is 22. The van der Waals surface area contributed by atoms with Gasteiger partial charge in [0.25, 0.3) is 11.8 Å². The Morgan fingerprint density at radius 3 is 2.42 bits per heavy atom. The van der Waals surface area contributed by atoms with Crippen LogP contribution in [0.25, 0.3) is 0 Å². The average Bonchev–Trinajstić information content (AvgIpc) is 3.11. The SMILES string of the molecule is CC(C=CC1=C(C)C(=NOCC(=O)NCCOCCOC(=O)C(CC(C)C)NC(=O)C(O)C(N)Cc2ccccc2)CCC1(C)C)=CC=CC(C)=CC(=O)O. The van der Waals surface area contributed by atoms with Crippen molar-refractivity contribution in [1.29, 1.82) is 0 Å². The van der Waals surface area contributed by atoms with Crippen LogP contribution < -0.4 is 16.4 Å². The number of ether oxygens (including phenoxy) is 2. The van der Waals surface area contributed by atoms with Gasteiger partial charge < -0.3 is 40.9 Å². The van der Waals surface area contributed by atoms with Crippen LogP contribution in [0.4, 0.5) is 0 Å². The lowest BCUT2D eigenvalue weighted by Gasteiger charge is -2.33. The number of hydrogen-bond donors (Lipinski definition) is 5.